The Kier molecular flexibility index (Phi) is 5.32. The number of carbonyl (C=O) groups excluding carboxylic acids is 1. The molecule has 2 aromatic carbocycles. The van der Waals surface area contributed by atoms with Crippen LogP contribution in [-0.2, 0) is 11.3 Å². The van der Waals surface area contributed by atoms with Crippen LogP contribution in [0.1, 0.15) is 30.0 Å². The van der Waals surface area contributed by atoms with E-state index in [9.17, 15) is 9.59 Å². The first-order valence-corrected chi connectivity index (χ1v) is 8.73. The average molecular weight is 346 g/mol. The fourth-order valence-electron chi connectivity index (χ4n) is 2.87. The molecule has 0 radical (unpaired) electrons. The van der Waals surface area contributed by atoms with Gasteiger partial charge >= 0.3 is 0 Å². The van der Waals surface area contributed by atoms with Crippen LogP contribution in [0, 0.1) is 6.92 Å². The molecule has 0 unspecified atom stereocenters. The number of hydrogen-bond acceptors (Lipinski definition) is 2. The third-order valence-electron chi connectivity index (χ3n) is 4.33. The Bertz CT molecular complexity index is 1020. The van der Waals surface area contributed by atoms with Gasteiger partial charge in [0.1, 0.15) is 0 Å². The van der Waals surface area contributed by atoms with E-state index in [4.69, 9.17) is 0 Å². The zero-order valence-electron chi connectivity index (χ0n) is 15.0. The van der Waals surface area contributed by atoms with Crippen molar-refractivity contribution < 1.29 is 4.79 Å². The predicted octanol–water partition coefficient (Wildman–Crippen LogP) is 3.95. The van der Waals surface area contributed by atoms with E-state index >= 15 is 0 Å². The summed E-state index contributed by atoms with van der Waals surface area (Å²) in [7, 11) is 0. The first kappa shape index (κ1) is 17.7. The molecular formula is C22H22N2O2. The van der Waals surface area contributed by atoms with Crippen LogP contribution in [0.15, 0.2) is 65.0 Å². The topological polar surface area (TPSA) is 62.0 Å². The number of carbonyl (C=O) groups is 1. The fraction of sp³-hybridized carbons (Fsp3) is 0.182. The van der Waals surface area contributed by atoms with Gasteiger partial charge in [-0.3, -0.25) is 9.59 Å². The van der Waals surface area contributed by atoms with E-state index in [1.165, 1.54) is 0 Å². The Labute approximate surface area is 152 Å². The third kappa shape index (κ3) is 4.09. The average Bonchev–Trinajstić information content (AvgIpc) is 2.65. The van der Waals surface area contributed by atoms with E-state index < -0.39 is 0 Å². The summed E-state index contributed by atoms with van der Waals surface area (Å²) in [4.78, 5) is 27.6. The molecule has 0 saturated heterocycles. The number of fused-ring (bicyclic) bond motifs is 1. The Morgan fingerprint density at radius 1 is 1.12 bits per heavy atom. The molecule has 0 spiro atoms. The molecule has 0 fully saturated rings. The second kappa shape index (κ2) is 7.83. The maximum atomic E-state index is 12.5. The Hall–Kier alpha value is -3.14. The summed E-state index contributed by atoms with van der Waals surface area (Å²) in [6, 6.07) is 17.4. The minimum Gasteiger partial charge on any atom is -0.348 e. The SMILES string of the molecule is CC/C(=C\c1ccccc1)C(=O)NCc1cc2cc(C)ccc2[nH]c1=O. The van der Waals surface area contributed by atoms with Crippen LogP contribution in [0.5, 0.6) is 0 Å². The number of nitrogens with one attached hydrogen (secondary N) is 2. The number of amides is 1. The molecule has 3 aromatic rings. The van der Waals surface area contributed by atoms with Crippen molar-refractivity contribution in [1.82, 2.24) is 10.3 Å². The van der Waals surface area contributed by atoms with Gasteiger partial charge in [0.2, 0.25) is 5.91 Å². The number of aryl methyl sites for hydroxylation is 1. The van der Waals surface area contributed by atoms with E-state index in [0.717, 1.165) is 22.0 Å². The largest absolute Gasteiger partial charge is 0.348 e. The van der Waals surface area contributed by atoms with Gasteiger partial charge in [0, 0.05) is 23.2 Å². The van der Waals surface area contributed by atoms with E-state index in [0.29, 0.717) is 17.6 Å². The highest BCUT2D eigenvalue weighted by Gasteiger charge is 2.09. The Balaban J connectivity index is 1.78. The zero-order valence-corrected chi connectivity index (χ0v) is 15.0. The zero-order chi connectivity index (χ0) is 18.5. The van der Waals surface area contributed by atoms with Crippen molar-refractivity contribution >= 4 is 22.9 Å². The van der Waals surface area contributed by atoms with Crippen molar-refractivity contribution in [3.63, 3.8) is 0 Å². The summed E-state index contributed by atoms with van der Waals surface area (Å²) in [5.41, 5.74) is 3.97. The third-order valence-corrected chi connectivity index (χ3v) is 4.33. The molecule has 132 valence electrons. The van der Waals surface area contributed by atoms with Crippen molar-refractivity contribution in [2.45, 2.75) is 26.8 Å². The number of aromatic nitrogens is 1. The van der Waals surface area contributed by atoms with Crippen LogP contribution >= 0.6 is 0 Å². The standard InChI is InChI=1S/C22H22N2O2/c1-3-17(12-16-7-5-4-6-8-16)21(25)23-14-19-13-18-11-15(2)9-10-20(18)24-22(19)26/h4-13H,3,14H2,1-2H3,(H,23,25)(H,24,26)/b17-12+. The molecule has 1 aromatic heterocycles. The molecular weight excluding hydrogens is 324 g/mol. The van der Waals surface area contributed by atoms with Gasteiger partial charge in [-0.25, -0.2) is 0 Å². The van der Waals surface area contributed by atoms with Crippen LogP contribution < -0.4 is 10.9 Å². The van der Waals surface area contributed by atoms with Crippen LogP contribution in [0.4, 0.5) is 0 Å². The number of aromatic amines is 1. The highest BCUT2D eigenvalue weighted by molar-refractivity contribution is 5.97. The number of pyridine rings is 1. The van der Waals surface area contributed by atoms with Gasteiger partial charge in [-0.15, -0.1) is 0 Å². The maximum Gasteiger partial charge on any atom is 0.253 e. The lowest BCUT2D eigenvalue weighted by Crippen LogP contribution is -2.27. The molecule has 0 aliphatic carbocycles. The van der Waals surface area contributed by atoms with Gasteiger partial charge in [0.05, 0.1) is 0 Å². The summed E-state index contributed by atoms with van der Waals surface area (Å²) < 4.78 is 0. The summed E-state index contributed by atoms with van der Waals surface area (Å²) in [5.74, 6) is -0.153. The van der Waals surface area contributed by atoms with Gasteiger partial charge in [-0.1, -0.05) is 48.9 Å². The highest BCUT2D eigenvalue weighted by Crippen LogP contribution is 2.14. The van der Waals surface area contributed by atoms with Gasteiger partial charge in [0.15, 0.2) is 0 Å². The van der Waals surface area contributed by atoms with Gasteiger partial charge in [-0.05, 0) is 48.6 Å². The Morgan fingerprint density at radius 3 is 2.62 bits per heavy atom. The molecule has 1 heterocycles. The van der Waals surface area contributed by atoms with Crippen molar-refractivity contribution in [3.8, 4) is 0 Å². The van der Waals surface area contributed by atoms with Crippen molar-refractivity contribution in [2.24, 2.45) is 0 Å². The molecule has 0 saturated carbocycles. The molecule has 4 nitrogen and oxygen atoms in total. The first-order valence-electron chi connectivity index (χ1n) is 8.73. The molecule has 3 rings (SSSR count). The fourth-order valence-corrected chi connectivity index (χ4v) is 2.87. The molecule has 0 aliphatic heterocycles. The van der Waals surface area contributed by atoms with Crippen LogP contribution in [0.3, 0.4) is 0 Å². The monoisotopic (exact) mass is 346 g/mol. The van der Waals surface area contributed by atoms with Gasteiger partial charge < -0.3 is 10.3 Å². The number of H-pyrrole nitrogens is 1. The predicted molar refractivity (Wildman–Crippen MR) is 106 cm³/mol. The van der Waals surface area contributed by atoms with E-state index in [2.05, 4.69) is 10.3 Å². The molecule has 4 heteroatoms. The van der Waals surface area contributed by atoms with Crippen LogP contribution in [-0.4, -0.2) is 10.9 Å². The summed E-state index contributed by atoms with van der Waals surface area (Å²) in [5, 5.41) is 3.83. The van der Waals surface area contributed by atoms with Crippen molar-refractivity contribution in [3.05, 3.63) is 87.2 Å². The van der Waals surface area contributed by atoms with E-state index in [1.54, 1.807) is 0 Å². The van der Waals surface area contributed by atoms with E-state index in [-0.39, 0.29) is 18.0 Å². The van der Waals surface area contributed by atoms with Crippen LogP contribution in [0.2, 0.25) is 0 Å². The van der Waals surface area contributed by atoms with Gasteiger partial charge in [-0.2, -0.15) is 0 Å². The maximum absolute atomic E-state index is 12.5. The normalized spacial score (nSPS) is 11.5. The van der Waals surface area contributed by atoms with Gasteiger partial charge in [0.25, 0.3) is 5.56 Å². The first-order chi connectivity index (χ1) is 12.6. The van der Waals surface area contributed by atoms with Crippen LogP contribution in [0.25, 0.3) is 17.0 Å². The number of rotatable bonds is 5. The van der Waals surface area contributed by atoms with E-state index in [1.807, 2.05) is 74.5 Å². The lowest BCUT2D eigenvalue weighted by Gasteiger charge is -2.08. The smallest absolute Gasteiger partial charge is 0.253 e. The lowest BCUT2D eigenvalue weighted by atomic mass is 10.1. The summed E-state index contributed by atoms with van der Waals surface area (Å²) >= 11 is 0. The highest BCUT2D eigenvalue weighted by atomic mass is 16.1. The second-order valence-electron chi connectivity index (χ2n) is 6.33. The molecule has 0 aliphatic rings. The minimum atomic E-state index is -0.174. The number of hydrogen-bond donors (Lipinski definition) is 2. The summed E-state index contributed by atoms with van der Waals surface area (Å²) in [6.45, 7) is 4.15. The molecule has 0 bridgehead atoms. The minimum absolute atomic E-state index is 0.153. The molecule has 2 N–H and O–H groups in total. The molecule has 1 amide bonds. The summed E-state index contributed by atoms with van der Waals surface area (Å²) in [6.07, 6.45) is 2.50. The molecule has 0 atom stereocenters. The Morgan fingerprint density at radius 2 is 1.88 bits per heavy atom. The second-order valence-corrected chi connectivity index (χ2v) is 6.33. The van der Waals surface area contributed by atoms with Crippen molar-refractivity contribution in [1.29, 1.82) is 0 Å². The van der Waals surface area contributed by atoms with Crippen molar-refractivity contribution in [2.75, 3.05) is 0 Å². The lowest BCUT2D eigenvalue weighted by molar-refractivity contribution is -0.117. The quantitative estimate of drug-likeness (QED) is 0.687. The number of benzene rings is 2. The molecule has 26 heavy (non-hydrogen) atoms.